The molecule has 0 aliphatic carbocycles. The third-order valence-electron chi connectivity index (χ3n) is 4.31. The zero-order valence-corrected chi connectivity index (χ0v) is 16.4. The van der Waals surface area contributed by atoms with E-state index >= 15 is 0 Å². The summed E-state index contributed by atoms with van der Waals surface area (Å²) < 4.78 is 28.8. The first-order valence-electron chi connectivity index (χ1n) is 8.18. The van der Waals surface area contributed by atoms with E-state index in [1.54, 1.807) is 60.8 Å². The number of hydrogen-bond donors (Lipinski definition) is 1. The van der Waals surface area contributed by atoms with Crippen molar-refractivity contribution in [2.75, 3.05) is 0 Å². The summed E-state index contributed by atoms with van der Waals surface area (Å²) in [6.45, 7) is 0. The lowest BCUT2D eigenvalue weighted by atomic mass is 10.1. The average molecular weight is 443 g/mol. The van der Waals surface area contributed by atoms with E-state index < -0.39 is 16.1 Å². The highest BCUT2D eigenvalue weighted by Gasteiger charge is 2.27. The van der Waals surface area contributed by atoms with Gasteiger partial charge < -0.3 is 5.11 Å². The number of fused-ring (bicyclic) bond motifs is 1. The summed E-state index contributed by atoms with van der Waals surface area (Å²) >= 11 is 3.40. The molecule has 0 aliphatic heterocycles. The van der Waals surface area contributed by atoms with E-state index in [9.17, 15) is 13.5 Å². The van der Waals surface area contributed by atoms with Crippen LogP contribution in [0.1, 0.15) is 17.4 Å². The molecule has 0 saturated carbocycles. The second-order valence-electron chi connectivity index (χ2n) is 6.04. The third kappa shape index (κ3) is 3.18. The van der Waals surface area contributed by atoms with Crippen LogP contribution in [0.3, 0.4) is 0 Å². The number of rotatable bonds is 4. The molecule has 0 aliphatic rings. The monoisotopic (exact) mass is 442 g/mol. The first kappa shape index (κ1) is 17.9. The number of nitrogens with zero attached hydrogens (tertiary/aromatic N) is 2. The Bertz CT molecular complexity index is 1210. The van der Waals surface area contributed by atoms with Gasteiger partial charge in [0.15, 0.2) is 0 Å². The standard InChI is InChI=1S/C20H15BrN2O3S/c21-16-9-8-14-11-19(20(24)15-5-4-10-22-13-15)23(18(14)12-16)27(25,26)17-6-2-1-3-7-17/h1-13,20,24H. The minimum atomic E-state index is -3.91. The van der Waals surface area contributed by atoms with Gasteiger partial charge in [-0.1, -0.05) is 46.3 Å². The van der Waals surface area contributed by atoms with Crippen LogP contribution in [0, 0.1) is 0 Å². The number of halogens is 1. The normalized spacial score (nSPS) is 13.0. The summed E-state index contributed by atoms with van der Waals surface area (Å²) in [5.74, 6) is 0. The molecule has 27 heavy (non-hydrogen) atoms. The Morgan fingerprint density at radius 1 is 1.00 bits per heavy atom. The van der Waals surface area contributed by atoms with Crippen molar-refractivity contribution < 1.29 is 13.5 Å². The number of aromatic nitrogens is 2. The molecular formula is C20H15BrN2O3S. The van der Waals surface area contributed by atoms with Crippen LogP contribution in [0.4, 0.5) is 0 Å². The summed E-state index contributed by atoms with van der Waals surface area (Å²) in [7, 11) is -3.91. The predicted molar refractivity (Wildman–Crippen MR) is 107 cm³/mol. The van der Waals surface area contributed by atoms with Crippen molar-refractivity contribution in [3.05, 3.63) is 94.9 Å². The van der Waals surface area contributed by atoms with E-state index in [1.807, 2.05) is 12.1 Å². The maximum absolute atomic E-state index is 13.4. The number of pyridine rings is 1. The number of aliphatic hydroxyl groups excluding tert-OH is 1. The Kier molecular flexibility index (Phi) is 4.59. The molecule has 0 spiro atoms. The Labute approximate surface area is 165 Å². The molecule has 2 aromatic heterocycles. The fourth-order valence-electron chi connectivity index (χ4n) is 3.04. The Morgan fingerprint density at radius 2 is 1.78 bits per heavy atom. The molecule has 4 rings (SSSR count). The largest absolute Gasteiger partial charge is 0.382 e. The Hall–Kier alpha value is -2.48. The first-order valence-corrected chi connectivity index (χ1v) is 10.4. The van der Waals surface area contributed by atoms with Crippen molar-refractivity contribution >= 4 is 36.9 Å². The molecule has 1 atom stereocenters. The van der Waals surface area contributed by atoms with Crippen molar-refractivity contribution in [2.45, 2.75) is 11.0 Å². The molecule has 0 radical (unpaired) electrons. The molecule has 136 valence electrons. The van der Waals surface area contributed by atoms with Gasteiger partial charge in [0.25, 0.3) is 10.0 Å². The quantitative estimate of drug-likeness (QED) is 0.515. The highest BCUT2D eigenvalue weighted by molar-refractivity contribution is 9.10. The second-order valence-corrected chi connectivity index (χ2v) is 8.75. The van der Waals surface area contributed by atoms with Crippen LogP contribution < -0.4 is 0 Å². The molecule has 1 N–H and O–H groups in total. The van der Waals surface area contributed by atoms with Gasteiger partial charge in [-0.2, -0.15) is 0 Å². The molecule has 2 aromatic carbocycles. The van der Waals surface area contributed by atoms with Crippen LogP contribution in [-0.4, -0.2) is 22.5 Å². The van der Waals surface area contributed by atoms with Crippen molar-refractivity contribution in [3.8, 4) is 0 Å². The van der Waals surface area contributed by atoms with Gasteiger partial charge in [-0.05, 0) is 36.4 Å². The van der Waals surface area contributed by atoms with E-state index in [1.165, 1.54) is 10.2 Å². The SMILES string of the molecule is O=S(=O)(c1ccccc1)n1c(C(O)c2cccnc2)cc2ccc(Br)cc21. The van der Waals surface area contributed by atoms with Gasteiger partial charge in [-0.25, -0.2) is 12.4 Å². The molecule has 0 fully saturated rings. The van der Waals surface area contributed by atoms with Gasteiger partial charge in [0.05, 0.1) is 16.1 Å². The number of hydrogen-bond acceptors (Lipinski definition) is 4. The van der Waals surface area contributed by atoms with Crippen LogP contribution in [0.15, 0.2) is 88.5 Å². The van der Waals surface area contributed by atoms with Crippen LogP contribution in [0.5, 0.6) is 0 Å². The summed E-state index contributed by atoms with van der Waals surface area (Å²) in [5, 5.41) is 11.6. The lowest BCUT2D eigenvalue weighted by Gasteiger charge is -2.16. The summed E-state index contributed by atoms with van der Waals surface area (Å²) in [6.07, 6.45) is 1.99. The van der Waals surface area contributed by atoms with Crippen molar-refractivity contribution in [2.24, 2.45) is 0 Å². The third-order valence-corrected chi connectivity index (χ3v) is 6.56. The Balaban J connectivity index is 2.02. The molecule has 4 aromatic rings. The zero-order chi connectivity index (χ0) is 19.0. The minimum Gasteiger partial charge on any atom is -0.382 e. The first-order chi connectivity index (χ1) is 13.0. The van der Waals surface area contributed by atoms with E-state index in [4.69, 9.17) is 0 Å². The molecular weight excluding hydrogens is 428 g/mol. The molecule has 0 amide bonds. The van der Waals surface area contributed by atoms with Gasteiger partial charge >= 0.3 is 0 Å². The number of aliphatic hydroxyl groups is 1. The fourth-order valence-corrected chi connectivity index (χ4v) is 4.94. The van der Waals surface area contributed by atoms with Gasteiger partial charge in [0.1, 0.15) is 6.10 Å². The van der Waals surface area contributed by atoms with E-state index in [2.05, 4.69) is 20.9 Å². The minimum absolute atomic E-state index is 0.155. The van der Waals surface area contributed by atoms with Crippen molar-refractivity contribution in [1.29, 1.82) is 0 Å². The second kappa shape index (κ2) is 6.92. The highest BCUT2D eigenvalue weighted by Crippen LogP contribution is 2.33. The molecule has 7 heteroatoms. The molecule has 0 bridgehead atoms. The molecule has 2 heterocycles. The smallest absolute Gasteiger partial charge is 0.268 e. The predicted octanol–water partition coefficient (Wildman–Crippen LogP) is 4.12. The van der Waals surface area contributed by atoms with Gasteiger partial charge in [-0.15, -0.1) is 0 Å². The fraction of sp³-hybridized carbons (Fsp3) is 0.0500. The maximum Gasteiger partial charge on any atom is 0.268 e. The van der Waals surface area contributed by atoms with Crippen LogP contribution in [0.2, 0.25) is 0 Å². The highest BCUT2D eigenvalue weighted by atomic mass is 79.9. The summed E-state index contributed by atoms with van der Waals surface area (Å²) in [4.78, 5) is 4.18. The average Bonchev–Trinajstić information content (AvgIpc) is 3.08. The molecule has 1 unspecified atom stereocenters. The van der Waals surface area contributed by atoms with E-state index in [-0.39, 0.29) is 10.6 Å². The van der Waals surface area contributed by atoms with E-state index in [0.29, 0.717) is 11.1 Å². The zero-order valence-electron chi connectivity index (χ0n) is 14.0. The molecule has 0 saturated heterocycles. The lowest BCUT2D eigenvalue weighted by Crippen LogP contribution is -2.18. The Morgan fingerprint density at radius 3 is 2.48 bits per heavy atom. The van der Waals surface area contributed by atoms with E-state index in [0.717, 1.165) is 9.86 Å². The van der Waals surface area contributed by atoms with Crippen LogP contribution >= 0.6 is 15.9 Å². The van der Waals surface area contributed by atoms with Crippen LogP contribution in [-0.2, 0) is 10.0 Å². The summed E-state index contributed by atoms with van der Waals surface area (Å²) in [5.41, 5.74) is 1.27. The van der Waals surface area contributed by atoms with Crippen molar-refractivity contribution in [3.63, 3.8) is 0 Å². The number of benzene rings is 2. The van der Waals surface area contributed by atoms with Gasteiger partial charge in [-0.3, -0.25) is 4.98 Å². The topological polar surface area (TPSA) is 72.2 Å². The lowest BCUT2D eigenvalue weighted by molar-refractivity contribution is 0.214. The molecule has 5 nitrogen and oxygen atoms in total. The van der Waals surface area contributed by atoms with Crippen LogP contribution in [0.25, 0.3) is 10.9 Å². The van der Waals surface area contributed by atoms with Crippen molar-refractivity contribution in [1.82, 2.24) is 8.96 Å². The van der Waals surface area contributed by atoms with Gasteiger partial charge in [0, 0.05) is 27.8 Å². The maximum atomic E-state index is 13.4. The van der Waals surface area contributed by atoms with Gasteiger partial charge in [0.2, 0.25) is 0 Å². The summed E-state index contributed by atoms with van der Waals surface area (Å²) in [6, 6.07) is 18.7.